The van der Waals surface area contributed by atoms with Crippen LogP contribution in [0, 0.1) is 0 Å². The number of alkyl halides is 3. The maximum Gasteiger partial charge on any atom is 0.417 e. The molecule has 0 aromatic carbocycles. The van der Waals surface area contributed by atoms with Crippen molar-refractivity contribution in [2.45, 2.75) is 42.0 Å². The molecule has 140 valence electrons. The molecule has 3 rings (SSSR count). The first-order chi connectivity index (χ1) is 11.9. The SMILES string of the molecule is FC(F)(F)c1cnc(OCCCN[C@@H]2CC[C@@H]3SCCS[C@H]32)c(Cl)c1. The lowest BCUT2D eigenvalue weighted by Crippen LogP contribution is -2.39. The van der Waals surface area contributed by atoms with Gasteiger partial charge in [0.25, 0.3) is 0 Å². The van der Waals surface area contributed by atoms with Gasteiger partial charge in [0.15, 0.2) is 0 Å². The first kappa shape index (κ1) is 19.5. The molecule has 1 aliphatic carbocycles. The molecule has 1 aliphatic heterocycles. The molecule has 25 heavy (non-hydrogen) atoms. The van der Waals surface area contributed by atoms with Crippen LogP contribution in [0.5, 0.6) is 5.88 Å². The summed E-state index contributed by atoms with van der Waals surface area (Å²) in [5, 5.41) is 4.96. The van der Waals surface area contributed by atoms with Gasteiger partial charge in [-0.2, -0.15) is 36.7 Å². The highest BCUT2D eigenvalue weighted by Crippen LogP contribution is 2.42. The standard InChI is InChI=1S/C16H20ClF3N2OS2/c17-11-8-10(16(18,19)20)9-22-15(11)23-5-1-4-21-12-2-3-13-14(12)25-7-6-24-13/h8-9,12-14,21H,1-7H2/t12-,13+,14+/m1/s1. The number of fused-ring (bicyclic) bond motifs is 1. The molecule has 0 amide bonds. The van der Waals surface area contributed by atoms with Crippen LogP contribution in [0.15, 0.2) is 12.3 Å². The normalized spacial score (nSPS) is 26.5. The third kappa shape index (κ3) is 5.11. The number of rotatable bonds is 6. The topological polar surface area (TPSA) is 34.1 Å². The summed E-state index contributed by atoms with van der Waals surface area (Å²) < 4.78 is 43.1. The summed E-state index contributed by atoms with van der Waals surface area (Å²) >= 11 is 9.99. The van der Waals surface area contributed by atoms with Gasteiger partial charge in [-0.25, -0.2) is 4.98 Å². The second-order valence-corrected chi connectivity index (χ2v) is 9.13. The Morgan fingerprint density at radius 2 is 2.08 bits per heavy atom. The van der Waals surface area contributed by atoms with Crippen molar-refractivity contribution in [1.29, 1.82) is 0 Å². The molecule has 3 atom stereocenters. The van der Waals surface area contributed by atoms with Gasteiger partial charge in [-0.3, -0.25) is 0 Å². The van der Waals surface area contributed by atoms with Crippen LogP contribution in [0.3, 0.4) is 0 Å². The van der Waals surface area contributed by atoms with Gasteiger partial charge in [-0.05, 0) is 31.9 Å². The zero-order valence-electron chi connectivity index (χ0n) is 13.5. The Hall–Kier alpha value is -0.310. The molecule has 0 unspecified atom stereocenters. The van der Waals surface area contributed by atoms with Crippen molar-refractivity contribution < 1.29 is 17.9 Å². The summed E-state index contributed by atoms with van der Waals surface area (Å²) in [6.45, 7) is 1.19. The summed E-state index contributed by atoms with van der Waals surface area (Å²) in [6.07, 6.45) is -0.460. The second-order valence-electron chi connectivity index (χ2n) is 6.09. The maximum absolute atomic E-state index is 12.6. The van der Waals surface area contributed by atoms with E-state index in [1.54, 1.807) is 0 Å². The van der Waals surface area contributed by atoms with Crippen LogP contribution in [0.1, 0.15) is 24.8 Å². The highest BCUT2D eigenvalue weighted by molar-refractivity contribution is 8.07. The van der Waals surface area contributed by atoms with Gasteiger partial charge in [0.05, 0.1) is 12.2 Å². The third-order valence-corrected chi connectivity index (χ3v) is 7.93. The van der Waals surface area contributed by atoms with Crippen molar-refractivity contribution in [1.82, 2.24) is 10.3 Å². The molecule has 1 N–H and O–H groups in total. The predicted molar refractivity (Wildman–Crippen MR) is 97.9 cm³/mol. The minimum Gasteiger partial charge on any atom is -0.477 e. The maximum atomic E-state index is 12.6. The Labute approximate surface area is 158 Å². The molecule has 1 aromatic rings. The van der Waals surface area contributed by atoms with Crippen LogP contribution in [-0.4, -0.2) is 46.2 Å². The van der Waals surface area contributed by atoms with Gasteiger partial charge in [0.1, 0.15) is 5.02 Å². The Bertz CT molecular complexity index is 591. The molecule has 1 saturated carbocycles. The number of aromatic nitrogens is 1. The number of hydrogen-bond donors (Lipinski definition) is 1. The van der Waals surface area contributed by atoms with E-state index in [1.807, 2.05) is 0 Å². The average Bonchev–Trinajstić information content (AvgIpc) is 2.98. The van der Waals surface area contributed by atoms with Crippen molar-refractivity contribution in [3.8, 4) is 5.88 Å². The fourth-order valence-corrected chi connectivity index (χ4v) is 6.68. The zero-order chi connectivity index (χ0) is 17.9. The van der Waals surface area contributed by atoms with E-state index in [4.69, 9.17) is 16.3 Å². The summed E-state index contributed by atoms with van der Waals surface area (Å²) in [5.74, 6) is 2.54. The van der Waals surface area contributed by atoms with Crippen LogP contribution in [0.2, 0.25) is 5.02 Å². The molecule has 9 heteroatoms. The molecule has 2 heterocycles. The van der Waals surface area contributed by atoms with E-state index in [-0.39, 0.29) is 10.9 Å². The Kier molecular flexibility index (Phi) is 6.68. The van der Waals surface area contributed by atoms with Crippen LogP contribution in [0.4, 0.5) is 13.2 Å². The van der Waals surface area contributed by atoms with Crippen molar-refractivity contribution in [3.63, 3.8) is 0 Å². The molecular weight excluding hydrogens is 393 g/mol. The number of hydrogen-bond acceptors (Lipinski definition) is 5. The first-order valence-electron chi connectivity index (χ1n) is 8.27. The largest absolute Gasteiger partial charge is 0.477 e. The molecule has 1 saturated heterocycles. The van der Waals surface area contributed by atoms with Gasteiger partial charge >= 0.3 is 6.18 Å². The van der Waals surface area contributed by atoms with Gasteiger partial charge in [0.2, 0.25) is 5.88 Å². The van der Waals surface area contributed by atoms with Crippen LogP contribution in [0.25, 0.3) is 0 Å². The number of halogens is 4. The molecule has 0 spiro atoms. The summed E-state index contributed by atoms with van der Waals surface area (Å²) in [7, 11) is 0. The van der Waals surface area contributed by atoms with Crippen molar-refractivity contribution in [3.05, 3.63) is 22.8 Å². The quantitative estimate of drug-likeness (QED) is 0.696. The highest BCUT2D eigenvalue weighted by atomic mass is 35.5. The number of pyridine rings is 1. The average molecular weight is 413 g/mol. The highest BCUT2D eigenvalue weighted by Gasteiger charge is 2.38. The van der Waals surface area contributed by atoms with E-state index in [0.717, 1.165) is 30.5 Å². The first-order valence-corrected chi connectivity index (χ1v) is 10.7. The lowest BCUT2D eigenvalue weighted by molar-refractivity contribution is -0.137. The predicted octanol–water partition coefficient (Wildman–Crippen LogP) is 4.49. The molecule has 2 aliphatic rings. The Morgan fingerprint density at radius 1 is 1.28 bits per heavy atom. The number of thioether (sulfide) groups is 2. The smallest absolute Gasteiger partial charge is 0.417 e. The third-order valence-electron chi connectivity index (χ3n) is 4.35. The van der Waals surface area contributed by atoms with Crippen molar-refractivity contribution in [2.75, 3.05) is 24.7 Å². The number of nitrogens with zero attached hydrogens (tertiary/aromatic N) is 1. The number of nitrogens with one attached hydrogen (secondary N) is 1. The minimum atomic E-state index is -4.45. The van der Waals surface area contributed by atoms with Crippen LogP contribution >= 0.6 is 35.1 Å². The van der Waals surface area contributed by atoms with E-state index < -0.39 is 11.7 Å². The lowest BCUT2D eigenvalue weighted by Gasteiger charge is -2.28. The van der Waals surface area contributed by atoms with E-state index in [1.165, 1.54) is 24.3 Å². The van der Waals surface area contributed by atoms with Crippen molar-refractivity contribution >= 4 is 35.1 Å². The summed E-state index contributed by atoms with van der Waals surface area (Å²) in [5.41, 5.74) is -0.870. The minimum absolute atomic E-state index is 0.0508. The molecule has 1 aromatic heterocycles. The summed E-state index contributed by atoms with van der Waals surface area (Å²) in [4.78, 5) is 3.67. The van der Waals surface area contributed by atoms with Crippen LogP contribution in [-0.2, 0) is 6.18 Å². The molecular formula is C16H20ClF3N2OS2. The summed E-state index contributed by atoms with van der Waals surface area (Å²) in [6, 6.07) is 1.40. The Morgan fingerprint density at radius 3 is 2.84 bits per heavy atom. The fraction of sp³-hybridized carbons (Fsp3) is 0.688. The lowest BCUT2D eigenvalue weighted by atomic mass is 10.2. The molecule has 0 bridgehead atoms. The second kappa shape index (κ2) is 8.59. The zero-order valence-corrected chi connectivity index (χ0v) is 15.9. The molecule has 0 radical (unpaired) electrons. The van der Waals surface area contributed by atoms with Gasteiger partial charge in [0, 0.05) is 34.2 Å². The monoisotopic (exact) mass is 412 g/mol. The molecule has 3 nitrogen and oxygen atoms in total. The van der Waals surface area contributed by atoms with Crippen LogP contribution < -0.4 is 10.1 Å². The van der Waals surface area contributed by atoms with Gasteiger partial charge < -0.3 is 10.1 Å². The molecule has 2 fully saturated rings. The van der Waals surface area contributed by atoms with Gasteiger partial charge in [-0.15, -0.1) is 0 Å². The fourth-order valence-electron chi connectivity index (χ4n) is 3.15. The van der Waals surface area contributed by atoms with E-state index >= 15 is 0 Å². The van der Waals surface area contributed by atoms with E-state index in [2.05, 4.69) is 33.8 Å². The Balaban J connectivity index is 1.39. The van der Waals surface area contributed by atoms with Gasteiger partial charge in [-0.1, -0.05) is 11.6 Å². The van der Waals surface area contributed by atoms with E-state index in [0.29, 0.717) is 17.9 Å². The number of ether oxygens (including phenoxy) is 1. The van der Waals surface area contributed by atoms with E-state index in [9.17, 15) is 13.2 Å². The van der Waals surface area contributed by atoms with Crippen molar-refractivity contribution in [2.24, 2.45) is 0 Å².